The molecule has 0 aliphatic carbocycles. The van der Waals surface area contributed by atoms with Crippen LogP contribution in [0.15, 0.2) is 77.3 Å². The van der Waals surface area contributed by atoms with E-state index in [0.717, 1.165) is 17.7 Å². The number of amides is 1. The summed E-state index contributed by atoms with van der Waals surface area (Å²) in [6.07, 6.45) is 1.54. The molecule has 0 radical (unpaired) electrons. The van der Waals surface area contributed by atoms with Crippen LogP contribution in [0.2, 0.25) is 0 Å². The Hall–Kier alpha value is -4.00. The van der Waals surface area contributed by atoms with Crippen LogP contribution in [0.25, 0.3) is 22.8 Å². The van der Waals surface area contributed by atoms with E-state index in [2.05, 4.69) is 10.3 Å². The zero-order valence-corrected chi connectivity index (χ0v) is 15.9. The lowest BCUT2D eigenvalue weighted by Gasteiger charge is -2.09. The summed E-state index contributed by atoms with van der Waals surface area (Å²) in [6.45, 7) is 0. The number of carbonyl (C=O) groups is 1. The van der Waals surface area contributed by atoms with Crippen LogP contribution in [-0.4, -0.2) is 18.0 Å². The van der Waals surface area contributed by atoms with Gasteiger partial charge in [-0.2, -0.15) is 0 Å². The van der Waals surface area contributed by atoms with Crippen molar-refractivity contribution in [2.75, 3.05) is 12.4 Å². The number of para-hydroxylation sites is 1. The van der Waals surface area contributed by atoms with E-state index in [4.69, 9.17) is 9.15 Å². The lowest BCUT2D eigenvalue weighted by atomic mass is 10.1. The summed E-state index contributed by atoms with van der Waals surface area (Å²) in [5.41, 5.74) is 0.836. The number of ether oxygens (including phenoxy) is 1. The average Bonchev–Trinajstić information content (AvgIpc) is 3.26. The highest BCUT2D eigenvalue weighted by molar-refractivity contribution is 6.08. The van der Waals surface area contributed by atoms with Crippen LogP contribution in [-0.2, 0) is 0 Å². The Morgan fingerprint density at radius 2 is 1.67 bits per heavy atom. The van der Waals surface area contributed by atoms with Crippen molar-refractivity contribution in [2.45, 2.75) is 0 Å². The van der Waals surface area contributed by atoms with E-state index >= 15 is 0 Å². The minimum Gasteiger partial charge on any atom is -0.497 e. The number of hydrogen-bond acceptors (Lipinski definition) is 4. The van der Waals surface area contributed by atoms with Crippen molar-refractivity contribution in [3.8, 4) is 28.5 Å². The maximum absolute atomic E-state index is 13.9. The topological polar surface area (TPSA) is 64.4 Å². The smallest absolute Gasteiger partial charge is 0.256 e. The van der Waals surface area contributed by atoms with Crippen molar-refractivity contribution < 1.29 is 22.7 Å². The second-order valence-electron chi connectivity index (χ2n) is 6.35. The van der Waals surface area contributed by atoms with Crippen LogP contribution in [0.4, 0.5) is 14.5 Å². The number of rotatable bonds is 5. The number of hydrogen-bond donors (Lipinski definition) is 1. The van der Waals surface area contributed by atoms with Gasteiger partial charge in [-0.25, -0.2) is 13.8 Å². The Bertz CT molecular complexity index is 1180. The molecule has 0 saturated carbocycles. The maximum Gasteiger partial charge on any atom is 0.256 e. The van der Waals surface area contributed by atoms with Crippen LogP contribution in [0.1, 0.15) is 10.4 Å². The zero-order valence-electron chi connectivity index (χ0n) is 15.9. The van der Waals surface area contributed by atoms with Crippen LogP contribution in [0.3, 0.4) is 0 Å². The minimum atomic E-state index is -0.862. The number of benzene rings is 3. The summed E-state index contributed by atoms with van der Waals surface area (Å²) in [5, 5.41) is 2.28. The summed E-state index contributed by atoms with van der Waals surface area (Å²) in [6, 6.07) is 17.1. The number of halogens is 2. The van der Waals surface area contributed by atoms with Crippen LogP contribution in [0.5, 0.6) is 5.75 Å². The molecular formula is C23H16F2N2O3. The summed E-state index contributed by atoms with van der Waals surface area (Å²) in [7, 11) is 1.58. The molecule has 0 fully saturated rings. The van der Waals surface area contributed by atoms with Crippen LogP contribution < -0.4 is 10.1 Å². The number of aromatic nitrogens is 1. The van der Waals surface area contributed by atoms with E-state index in [9.17, 15) is 13.6 Å². The first-order chi connectivity index (χ1) is 14.6. The van der Waals surface area contributed by atoms with Gasteiger partial charge in [-0.05, 0) is 48.5 Å². The molecule has 0 saturated heterocycles. The van der Waals surface area contributed by atoms with E-state index in [1.165, 1.54) is 12.1 Å². The second-order valence-corrected chi connectivity index (χ2v) is 6.35. The monoisotopic (exact) mass is 406 g/mol. The second kappa shape index (κ2) is 8.16. The molecule has 1 amide bonds. The molecule has 4 rings (SSSR count). The quantitative estimate of drug-likeness (QED) is 0.472. The molecule has 1 N–H and O–H groups in total. The van der Waals surface area contributed by atoms with Crippen molar-refractivity contribution in [3.05, 3.63) is 90.1 Å². The fourth-order valence-electron chi connectivity index (χ4n) is 2.95. The lowest BCUT2D eigenvalue weighted by molar-refractivity contribution is 0.102. The van der Waals surface area contributed by atoms with Gasteiger partial charge in [-0.1, -0.05) is 18.2 Å². The third-order valence-electron chi connectivity index (χ3n) is 4.48. The maximum atomic E-state index is 13.9. The van der Waals surface area contributed by atoms with Crippen molar-refractivity contribution in [3.63, 3.8) is 0 Å². The van der Waals surface area contributed by atoms with E-state index < -0.39 is 23.2 Å². The highest BCUT2D eigenvalue weighted by atomic mass is 19.1. The molecule has 150 valence electrons. The summed E-state index contributed by atoms with van der Waals surface area (Å²) in [4.78, 5) is 17.0. The molecule has 0 bridgehead atoms. The Kier molecular flexibility index (Phi) is 5.26. The fourth-order valence-corrected chi connectivity index (χ4v) is 2.95. The van der Waals surface area contributed by atoms with Crippen molar-refractivity contribution in [1.82, 2.24) is 4.98 Å². The number of oxazole rings is 1. The number of carbonyl (C=O) groups excluding carboxylic acids is 1. The van der Waals surface area contributed by atoms with Gasteiger partial charge in [0.15, 0.2) is 5.76 Å². The molecule has 1 aromatic heterocycles. The lowest BCUT2D eigenvalue weighted by Crippen LogP contribution is -2.15. The first kappa shape index (κ1) is 19.3. The van der Waals surface area contributed by atoms with Crippen molar-refractivity contribution in [2.24, 2.45) is 0 Å². The largest absolute Gasteiger partial charge is 0.497 e. The van der Waals surface area contributed by atoms with Crippen LogP contribution >= 0.6 is 0 Å². The Balaban J connectivity index is 1.65. The number of methoxy groups -OCH3 is 1. The zero-order chi connectivity index (χ0) is 21.1. The molecule has 3 aromatic carbocycles. The molecule has 7 heteroatoms. The van der Waals surface area contributed by atoms with Gasteiger partial charge in [0.05, 0.1) is 18.9 Å². The molecular weight excluding hydrogens is 390 g/mol. The van der Waals surface area contributed by atoms with Gasteiger partial charge in [0.1, 0.15) is 23.1 Å². The van der Waals surface area contributed by atoms with E-state index in [0.29, 0.717) is 17.1 Å². The summed E-state index contributed by atoms with van der Waals surface area (Å²) < 4.78 is 38.8. The Labute approximate surface area is 171 Å². The first-order valence-corrected chi connectivity index (χ1v) is 9.02. The molecule has 0 unspecified atom stereocenters. The molecule has 4 aromatic rings. The van der Waals surface area contributed by atoms with Gasteiger partial charge in [0, 0.05) is 11.1 Å². The van der Waals surface area contributed by atoms with Crippen molar-refractivity contribution >= 4 is 11.6 Å². The fraction of sp³-hybridized carbons (Fsp3) is 0.0435. The van der Waals surface area contributed by atoms with Crippen molar-refractivity contribution in [1.29, 1.82) is 0 Å². The van der Waals surface area contributed by atoms with E-state index in [-0.39, 0.29) is 11.5 Å². The third-order valence-corrected chi connectivity index (χ3v) is 4.48. The molecule has 5 nitrogen and oxygen atoms in total. The number of nitrogens with zero attached hydrogens (tertiary/aromatic N) is 1. The van der Waals surface area contributed by atoms with E-state index in [1.54, 1.807) is 43.6 Å². The average molecular weight is 406 g/mol. The van der Waals surface area contributed by atoms with Crippen LogP contribution in [0, 0.1) is 11.6 Å². The number of nitrogens with one attached hydrogen (secondary N) is 1. The summed E-state index contributed by atoms with van der Waals surface area (Å²) in [5.74, 6) is -0.985. The van der Waals surface area contributed by atoms with E-state index in [1.807, 2.05) is 12.1 Å². The first-order valence-electron chi connectivity index (χ1n) is 9.02. The highest BCUT2D eigenvalue weighted by Crippen LogP contribution is 2.30. The molecule has 0 spiro atoms. The van der Waals surface area contributed by atoms with Gasteiger partial charge in [0.25, 0.3) is 5.91 Å². The normalized spacial score (nSPS) is 10.6. The minimum absolute atomic E-state index is 0.170. The Morgan fingerprint density at radius 3 is 2.37 bits per heavy atom. The van der Waals surface area contributed by atoms with Gasteiger partial charge in [-0.15, -0.1) is 0 Å². The molecule has 0 aliphatic rings. The molecule has 1 heterocycles. The number of anilines is 1. The van der Waals surface area contributed by atoms with Gasteiger partial charge >= 0.3 is 0 Å². The standard InChI is InChI=1S/C23H16F2N2O3/c1-29-15-11-9-14(10-12-15)20-13-26-23(30-20)17-6-3-2-5-16(17)22(28)27-21-18(24)7-4-8-19(21)25/h2-13H,1H3,(H,27,28). The van der Waals surface area contributed by atoms with Gasteiger partial charge in [-0.3, -0.25) is 4.79 Å². The molecule has 0 atom stereocenters. The molecule has 30 heavy (non-hydrogen) atoms. The molecule has 0 aliphatic heterocycles. The predicted molar refractivity (Wildman–Crippen MR) is 108 cm³/mol. The highest BCUT2D eigenvalue weighted by Gasteiger charge is 2.19. The van der Waals surface area contributed by atoms with Gasteiger partial charge in [0.2, 0.25) is 5.89 Å². The SMILES string of the molecule is COc1ccc(-c2cnc(-c3ccccc3C(=O)Nc3c(F)cccc3F)o2)cc1. The Morgan fingerprint density at radius 1 is 0.967 bits per heavy atom. The third kappa shape index (κ3) is 3.77. The van der Waals surface area contributed by atoms with Gasteiger partial charge < -0.3 is 14.5 Å². The predicted octanol–water partition coefficient (Wildman–Crippen LogP) is 5.55. The summed E-state index contributed by atoms with van der Waals surface area (Å²) >= 11 is 0.